The van der Waals surface area contributed by atoms with Crippen molar-refractivity contribution in [1.29, 1.82) is 0 Å². The van der Waals surface area contributed by atoms with Gasteiger partial charge in [-0.3, -0.25) is 10.2 Å². The van der Waals surface area contributed by atoms with Gasteiger partial charge < -0.3 is 4.74 Å². The predicted octanol–water partition coefficient (Wildman–Crippen LogP) is 3.32. The van der Waals surface area contributed by atoms with E-state index in [4.69, 9.17) is 4.74 Å². The highest BCUT2D eigenvalue weighted by molar-refractivity contribution is 5.85. The van der Waals surface area contributed by atoms with Crippen LogP contribution in [0.4, 0.5) is 18.0 Å². The van der Waals surface area contributed by atoms with Crippen LogP contribution in [0.1, 0.15) is 38.7 Å². The van der Waals surface area contributed by atoms with E-state index in [-0.39, 0.29) is 12.0 Å². The van der Waals surface area contributed by atoms with Crippen molar-refractivity contribution in [3.8, 4) is 0 Å². The number of hydrogen-bond donors (Lipinski definition) is 2. The van der Waals surface area contributed by atoms with Crippen LogP contribution in [0.5, 0.6) is 0 Å². The number of ether oxygens (including phenoxy) is 1. The summed E-state index contributed by atoms with van der Waals surface area (Å²) in [6.45, 7) is 8.37. The molecule has 132 valence electrons. The second kappa shape index (κ2) is 7.85. The molecule has 1 aromatic rings. The van der Waals surface area contributed by atoms with E-state index in [1.807, 2.05) is 5.43 Å². The molecule has 0 aliphatic carbocycles. The van der Waals surface area contributed by atoms with E-state index in [2.05, 4.69) is 12.0 Å². The van der Waals surface area contributed by atoms with Gasteiger partial charge in [0.25, 0.3) is 0 Å². The van der Waals surface area contributed by atoms with Gasteiger partial charge in [0.1, 0.15) is 5.60 Å². The van der Waals surface area contributed by atoms with Gasteiger partial charge in [-0.25, -0.2) is 23.4 Å². The van der Waals surface area contributed by atoms with Gasteiger partial charge in [0, 0.05) is 0 Å². The maximum atomic E-state index is 13.3. The topological polar surface area (TPSA) is 67.4 Å². The summed E-state index contributed by atoms with van der Waals surface area (Å²) in [7, 11) is 0. The molecule has 0 aromatic heterocycles. The highest BCUT2D eigenvalue weighted by Gasteiger charge is 2.24. The van der Waals surface area contributed by atoms with E-state index in [0.29, 0.717) is 0 Å². The van der Waals surface area contributed by atoms with Gasteiger partial charge in [-0.05, 0) is 44.9 Å². The lowest BCUT2D eigenvalue weighted by Crippen LogP contribution is -2.46. The Kier molecular flexibility index (Phi) is 6.39. The lowest BCUT2D eigenvalue weighted by atomic mass is 9.94. The van der Waals surface area contributed by atoms with Crippen LogP contribution in [-0.4, -0.2) is 17.6 Å². The molecular weight excluding hydrogens is 325 g/mol. The number of halogens is 3. The highest BCUT2D eigenvalue weighted by atomic mass is 19.2. The van der Waals surface area contributed by atoms with Gasteiger partial charge in [0.15, 0.2) is 17.5 Å². The van der Waals surface area contributed by atoms with Crippen molar-refractivity contribution in [2.45, 2.75) is 38.7 Å². The van der Waals surface area contributed by atoms with Gasteiger partial charge >= 0.3 is 6.09 Å². The summed E-state index contributed by atoms with van der Waals surface area (Å²) in [4.78, 5) is 23.6. The molecule has 8 heteroatoms. The molecule has 1 aromatic carbocycles. The molecule has 0 saturated carbocycles. The SMILES string of the molecule is C=CCC(C(=O)NNC(=O)OC(C)(C)C)c1cc(F)c(F)c(F)c1. The van der Waals surface area contributed by atoms with E-state index < -0.39 is 41.0 Å². The Labute approximate surface area is 137 Å². The lowest BCUT2D eigenvalue weighted by molar-refractivity contribution is -0.123. The summed E-state index contributed by atoms with van der Waals surface area (Å²) in [6, 6.07) is 1.44. The van der Waals surface area contributed by atoms with Crippen LogP contribution in [0.2, 0.25) is 0 Å². The van der Waals surface area contributed by atoms with Gasteiger partial charge in [0.2, 0.25) is 5.91 Å². The van der Waals surface area contributed by atoms with Crippen LogP contribution >= 0.6 is 0 Å². The second-order valence-electron chi connectivity index (χ2n) is 5.99. The number of rotatable bonds is 4. The fourth-order valence-electron chi connectivity index (χ4n) is 1.84. The van der Waals surface area contributed by atoms with Crippen molar-refractivity contribution in [3.05, 3.63) is 47.8 Å². The molecule has 0 bridgehead atoms. The van der Waals surface area contributed by atoms with Gasteiger partial charge in [-0.1, -0.05) is 6.08 Å². The molecule has 0 fully saturated rings. The molecular formula is C16H19F3N2O3. The average molecular weight is 344 g/mol. The van der Waals surface area contributed by atoms with Crippen molar-refractivity contribution in [1.82, 2.24) is 10.9 Å². The summed E-state index contributed by atoms with van der Waals surface area (Å²) in [5, 5.41) is 0. The maximum Gasteiger partial charge on any atom is 0.426 e. The zero-order valence-corrected chi connectivity index (χ0v) is 13.6. The zero-order chi connectivity index (χ0) is 18.5. The minimum atomic E-state index is -1.62. The summed E-state index contributed by atoms with van der Waals surface area (Å²) in [6.07, 6.45) is 0.480. The van der Waals surface area contributed by atoms with Crippen molar-refractivity contribution >= 4 is 12.0 Å². The average Bonchev–Trinajstić information content (AvgIpc) is 2.45. The minimum Gasteiger partial charge on any atom is -0.443 e. The largest absolute Gasteiger partial charge is 0.443 e. The van der Waals surface area contributed by atoms with Crippen molar-refractivity contribution in [2.24, 2.45) is 0 Å². The smallest absolute Gasteiger partial charge is 0.426 e. The summed E-state index contributed by atoms with van der Waals surface area (Å²) in [5.41, 5.74) is 3.27. The Morgan fingerprint density at radius 1 is 1.21 bits per heavy atom. The van der Waals surface area contributed by atoms with E-state index in [1.165, 1.54) is 6.08 Å². The monoisotopic (exact) mass is 344 g/mol. The van der Waals surface area contributed by atoms with Crippen LogP contribution in [-0.2, 0) is 9.53 Å². The summed E-state index contributed by atoms with van der Waals surface area (Å²) in [5.74, 6) is -6.27. The first kappa shape index (κ1) is 19.5. The maximum absolute atomic E-state index is 13.3. The molecule has 2 N–H and O–H groups in total. The number of amides is 2. The molecule has 0 saturated heterocycles. The number of carbonyl (C=O) groups excluding carboxylic acids is 2. The van der Waals surface area contributed by atoms with Gasteiger partial charge in [-0.2, -0.15) is 0 Å². The van der Waals surface area contributed by atoms with E-state index >= 15 is 0 Å². The first-order chi connectivity index (χ1) is 11.0. The number of allylic oxidation sites excluding steroid dienone is 1. The number of hydrazine groups is 1. The first-order valence-electron chi connectivity index (χ1n) is 7.09. The zero-order valence-electron chi connectivity index (χ0n) is 13.6. The Morgan fingerprint density at radius 2 is 1.75 bits per heavy atom. The van der Waals surface area contributed by atoms with Crippen LogP contribution < -0.4 is 10.9 Å². The molecule has 0 aliphatic heterocycles. The minimum absolute atomic E-state index is 0.0202. The molecule has 0 radical (unpaired) electrons. The normalized spacial score (nSPS) is 12.2. The van der Waals surface area contributed by atoms with Gasteiger partial charge in [0.05, 0.1) is 5.92 Å². The van der Waals surface area contributed by atoms with Crippen LogP contribution in [0.15, 0.2) is 24.8 Å². The standard InChI is InChI=1S/C16H19F3N2O3/c1-5-6-10(9-7-11(17)13(19)12(18)8-9)14(22)20-21-15(23)24-16(2,3)4/h5,7-8,10H,1,6H2,2-4H3,(H,20,22)(H,21,23). The predicted molar refractivity (Wildman–Crippen MR) is 81.4 cm³/mol. The third-order valence-electron chi connectivity index (χ3n) is 2.81. The van der Waals surface area contributed by atoms with E-state index in [9.17, 15) is 22.8 Å². The molecule has 0 spiro atoms. The summed E-state index contributed by atoms with van der Waals surface area (Å²) >= 11 is 0. The second-order valence-corrected chi connectivity index (χ2v) is 5.99. The number of carbonyl (C=O) groups is 2. The number of hydrogen-bond acceptors (Lipinski definition) is 3. The Hall–Kier alpha value is -2.51. The Bertz CT molecular complexity index is 619. The lowest BCUT2D eigenvalue weighted by Gasteiger charge is -2.21. The highest BCUT2D eigenvalue weighted by Crippen LogP contribution is 2.24. The summed E-state index contributed by atoms with van der Waals surface area (Å²) < 4.78 is 44.6. The molecule has 5 nitrogen and oxygen atoms in total. The molecule has 1 rings (SSSR count). The van der Waals surface area contributed by atoms with Crippen LogP contribution in [0.3, 0.4) is 0 Å². The Morgan fingerprint density at radius 3 is 2.21 bits per heavy atom. The van der Waals surface area contributed by atoms with Crippen molar-refractivity contribution < 1.29 is 27.5 Å². The first-order valence-corrected chi connectivity index (χ1v) is 7.09. The van der Waals surface area contributed by atoms with Crippen LogP contribution in [0.25, 0.3) is 0 Å². The van der Waals surface area contributed by atoms with Crippen LogP contribution in [0, 0.1) is 17.5 Å². The molecule has 0 heterocycles. The van der Waals surface area contributed by atoms with Crippen molar-refractivity contribution in [2.75, 3.05) is 0 Å². The van der Waals surface area contributed by atoms with E-state index in [0.717, 1.165) is 12.1 Å². The fraction of sp³-hybridized carbons (Fsp3) is 0.375. The third-order valence-corrected chi connectivity index (χ3v) is 2.81. The quantitative estimate of drug-likeness (QED) is 0.500. The van der Waals surface area contributed by atoms with E-state index in [1.54, 1.807) is 20.8 Å². The molecule has 2 amide bonds. The number of benzene rings is 1. The fourth-order valence-corrected chi connectivity index (χ4v) is 1.84. The molecule has 24 heavy (non-hydrogen) atoms. The molecule has 0 aliphatic rings. The van der Waals surface area contributed by atoms with Gasteiger partial charge in [-0.15, -0.1) is 6.58 Å². The molecule has 1 unspecified atom stereocenters. The third kappa shape index (κ3) is 5.60. The Balaban J connectivity index is 2.87. The van der Waals surface area contributed by atoms with Crippen molar-refractivity contribution in [3.63, 3.8) is 0 Å². The number of nitrogens with one attached hydrogen (secondary N) is 2. The molecule has 1 atom stereocenters.